The van der Waals surface area contributed by atoms with Crippen molar-refractivity contribution < 1.29 is 13.5 Å². The van der Waals surface area contributed by atoms with Crippen molar-refractivity contribution in [3.05, 3.63) is 35.3 Å². The van der Waals surface area contributed by atoms with Crippen molar-refractivity contribution in [3.8, 4) is 5.88 Å². The molecule has 3 rings (SSSR count). The SMILES string of the molecule is [C-]#[N+]C(C)(C)n1cc(Nc2ncc(F)c(OCC3CCNCC3F)n2)c(C)n1. The summed E-state index contributed by atoms with van der Waals surface area (Å²) in [6.45, 7) is 13.6. The molecule has 3 heterocycles. The molecule has 1 aliphatic heterocycles. The molecule has 150 valence electrons. The minimum atomic E-state index is -1.03. The van der Waals surface area contributed by atoms with Gasteiger partial charge in [-0.25, -0.2) is 15.9 Å². The molecular weight excluding hydrogens is 368 g/mol. The largest absolute Gasteiger partial charge is 0.475 e. The number of nitrogens with one attached hydrogen (secondary N) is 2. The number of rotatable bonds is 6. The van der Waals surface area contributed by atoms with Crippen molar-refractivity contribution in [2.75, 3.05) is 25.0 Å². The zero-order valence-corrected chi connectivity index (χ0v) is 16.0. The molecule has 0 amide bonds. The van der Waals surface area contributed by atoms with Crippen molar-refractivity contribution in [2.45, 2.75) is 39.0 Å². The molecule has 8 nitrogen and oxygen atoms in total. The maximum absolute atomic E-state index is 14.0. The molecule has 10 heteroatoms. The van der Waals surface area contributed by atoms with Crippen LogP contribution >= 0.6 is 0 Å². The molecular formula is C18H23F2N7O. The lowest BCUT2D eigenvalue weighted by molar-refractivity contribution is 0.117. The van der Waals surface area contributed by atoms with Crippen molar-refractivity contribution in [1.29, 1.82) is 0 Å². The lowest BCUT2D eigenvalue weighted by atomic mass is 9.97. The summed E-state index contributed by atoms with van der Waals surface area (Å²) in [5.41, 5.74) is 0.402. The highest BCUT2D eigenvalue weighted by atomic mass is 19.1. The Bertz CT molecular complexity index is 877. The predicted molar refractivity (Wildman–Crippen MR) is 99.5 cm³/mol. The normalized spacial score (nSPS) is 19.9. The summed E-state index contributed by atoms with van der Waals surface area (Å²) in [5, 5.41) is 10.3. The number of ether oxygens (including phenoxy) is 1. The molecule has 0 radical (unpaired) electrons. The first kappa shape index (κ1) is 19.9. The molecule has 0 aliphatic carbocycles. The van der Waals surface area contributed by atoms with Crippen molar-refractivity contribution >= 4 is 11.6 Å². The van der Waals surface area contributed by atoms with Crippen LogP contribution in [0.15, 0.2) is 12.4 Å². The van der Waals surface area contributed by atoms with Crippen LogP contribution in [0.25, 0.3) is 4.85 Å². The van der Waals surface area contributed by atoms with Gasteiger partial charge in [-0.1, -0.05) is 0 Å². The third kappa shape index (κ3) is 4.36. The third-order valence-corrected chi connectivity index (χ3v) is 4.67. The standard InChI is InChI=1S/C18H23F2N7O/c1-11-15(9-27(26-11)18(2,3)21-4)24-17-23-8-14(20)16(25-17)28-10-12-5-6-22-7-13(12)19/h8-9,12-13,22H,5-7,10H2,1-3H3,(H,23,24,25). The Balaban J connectivity index is 1.72. The summed E-state index contributed by atoms with van der Waals surface area (Å²) >= 11 is 0. The van der Waals surface area contributed by atoms with Crippen LogP contribution in [0.1, 0.15) is 26.0 Å². The van der Waals surface area contributed by atoms with Gasteiger partial charge in [-0.2, -0.15) is 19.2 Å². The molecule has 28 heavy (non-hydrogen) atoms. The first-order chi connectivity index (χ1) is 13.3. The number of aromatic nitrogens is 4. The van der Waals surface area contributed by atoms with Gasteiger partial charge in [0.2, 0.25) is 11.8 Å². The second kappa shape index (κ2) is 8.06. The van der Waals surface area contributed by atoms with Crippen molar-refractivity contribution in [1.82, 2.24) is 25.1 Å². The maximum atomic E-state index is 14.0. The van der Waals surface area contributed by atoms with Crippen LogP contribution in [-0.2, 0) is 5.66 Å². The van der Waals surface area contributed by atoms with Crippen LogP contribution < -0.4 is 15.4 Å². The zero-order chi connectivity index (χ0) is 20.3. The Morgan fingerprint density at radius 3 is 3.00 bits per heavy atom. The van der Waals surface area contributed by atoms with Crippen LogP contribution in [0.2, 0.25) is 0 Å². The molecule has 0 spiro atoms. The Labute approximate surface area is 162 Å². The molecule has 0 bridgehead atoms. The second-order valence-electron chi connectivity index (χ2n) is 7.23. The number of anilines is 2. The molecule has 2 N–H and O–H groups in total. The van der Waals surface area contributed by atoms with Gasteiger partial charge in [0, 0.05) is 26.3 Å². The van der Waals surface area contributed by atoms with E-state index in [0.717, 1.165) is 6.20 Å². The van der Waals surface area contributed by atoms with E-state index in [1.165, 1.54) is 4.68 Å². The summed E-state index contributed by atoms with van der Waals surface area (Å²) in [5.74, 6) is -1.11. The minimum Gasteiger partial charge on any atom is -0.475 e. The fourth-order valence-corrected chi connectivity index (χ4v) is 2.80. The average Bonchev–Trinajstić information content (AvgIpc) is 3.04. The molecule has 1 aliphatic rings. The van der Waals surface area contributed by atoms with Gasteiger partial charge in [0.1, 0.15) is 6.17 Å². The van der Waals surface area contributed by atoms with Gasteiger partial charge < -0.3 is 15.4 Å². The lowest BCUT2D eigenvalue weighted by Gasteiger charge is -2.26. The van der Waals surface area contributed by atoms with E-state index < -0.39 is 17.7 Å². The van der Waals surface area contributed by atoms with Crippen LogP contribution in [0.3, 0.4) is 0 Å². The van der Waals surface area contributed by atoms with Crippen LogP contribution in [-0.4, -0.2) is 45.6 Å². The number of halogens is 2. The summed E-state index contributed by atoms with van der Waals surface area (Å²) in [4.78, 5) is 11.5. The van der Waals surface area contributed by atoms with Crippen LogP contribution in [0.4, 0.5) is 20.4 Å². The molecule has 1 fully saturated rings. The molecule has 0 aromatic carbocycles. The Morgan fingerprint density at radius 1 is 1.50 bits per heavy atom. The molecule has 2 atom stereocenters. The van der Waals surface area contributed by atoms with E-state index in [1.54, 1.807) is 27.0 Å². The minimum absolute atomic E-state index is 0.0480. The summed E-state index contributed by atoms with van der Waals surface area (Å²) in [6, 6.07) is 0. The molecule has 0 saturated carbocycles. The van der Waals surface area contributed by atoms with E-state index in [9.17, 15) is 8.78 Å². The van der Waals surface area contributed by atoms with E-state index in [0.29, 0.717) is 24.3 Å². The topological polar surface area (TPSA) is 81.2 Å². The van der Waals surface area contributed by atoms with Gasteiger partial charge >= 0.3 is 5.66 Å². The van der Waals surface area contributed by atoms with Gasteiger partial charge in [0.25, 0.3) is 5.88 Å². The Hall–Kier alpha value is -2.80. The fourth-order valence-electron chi connectivity index (χ4n) is 2.80. The van der Waals surface area contributed by atoms with E-state index >= 15 is 0 Å². The predicted octanol–water partition coefficient (Wildman–Crippen LogP) is 2.80. The highest BCUT2D eigenvalue weighted by Gasteiger charge is 2.28. The molecule has 2 aromatic heterocycles. The second-order valence-corrected chi connectivity index (χ2v) is 7.23. The zero-order valence-electron chi connectivity index (χ0n) is 16.0. The highest BCUT2D eigenvalue weighted by molar-refractivity contribution is 5.55. The first-order valence-corrected chi connectivity index (χ1v) is 9.02. The van der Waals surface area contributed by atoms with Gasteiger partial charge in [0.05, 0.1) is 30.4 Å². The van der Waals surface area contributed by atoms with Crippen LogP contribution in [0.5, 0.6) is 5.88 Å². The number of alkyl halides is 1. The van der Waals surface area contributed by atoms with Gasteiger partial charge in [0.15, 0.2) is 0 Å². The van der Waals surface area contributed by atoms with E-state index in [-0.39, 0.29) is 30.9 Å². The monoisotopic (exact) mass is 391 g/mol. The highest BCUT2D eigenvalue weighted by Crippen LogP contribution is 2.25. The Kier molecular flexibility index (Phi) is 5.74. The fraction of sp³-hybridized carbons (Fsp3) is 0.556. The number of hydrogen-bond donors (Lipinski definition) is 2. The maximum Gasteiger partial charge on any atom is 0.319 e. The van der Waals surface area contributed by atoms with Gasteiger partial charge in [-0.15, -0.1) is 0 Å². The van der Waals surface area contributed by atoms with Crippen LogP contribution in [0, 0.1) is 25.2 Å². The first-order valence-electron chi connectivity index (χ1n) is 9.02. The van der Waals surface area contributed by atoms with E-state index in [1.807, 2.05) is 0 Å². The van der Waals surface area contributed by atoms with E-state index in [2.05, 4.69) is 30.5 Å². The average molecular weight is 391 g/mol. The lowest BCUT2D eigenvalue weighted by Crippen LogP contribution is -2.40. The van der Waals surface area contributed by atoms with Gasteiger partial charge in [-0.3, -0.25) is 4.85 Å². The van der Waals surface area contributed by atoms with Crippen molar-refractivity contribution in [3.63, 3.8) is 0 Å². The molecule has 1 saturated heterocycles. The summed E-state index contributed by atoms with van der Waals surface area (Å²) < 4.78 is 34.9. The number of piperidine rings is 1. The quantitative estimate of drug-likeness (QED) is 0.737. The summed E-state index contributed by atoms with van der Waals surface area (Å²) in [7, 11) is 0. The van der Waals surface area contributed by atoms with Gasteiger partial charge in [-0.05, 0) is 19.9 Å². The number of nitrogens with zero attached hydrogens (tertiary/aromatic N) is 5. The number of hydrogen-bond acceptors (Lipinski definition) is 6. The smallest absolute Gasteiger partial charge is 0.319 e. The van der Waals surface area contributed by atoms with E-state index in [4.69, 9.17) is 11.3 Å². The van der Waals surface area contributed by atoms with Crippen molar-refractivity contribution in [2.24, 2.45) is 5.92 Å². The third-order valence-electron chi connectivity index (χ3n) is 4.67. The molecule has 2 aromatic rings. The number of aryl methyl sites for hydroxylation is 1. The summed E-state index contributed by atoms with van der Waals surface area (Å²) in [6.07, 6.45) is 2.26. The molecule has 2 unspecified atom stereocenters. The Morgan fingerprint density at radius 2 is 2.29 bits per heavy atom.